The lowest BCUT2D eigenvalue weighted by atomic mass is 9.78. The second kappa shape index (κ2) is 3.75. The Morgan fingerprint density at radius 1 is 1.33 bits per heavy atom. The first kappa shape index (κ1) is 11.6. The average molecular weight is 244 g/mol. The lowest BCUT2D eigenvalue weighted by Crippen LogP contribution is -2.40. The number of methoxy groups -OCH3 is 1. The summed E-state index contributed by atoms with van der Waals surface area (Å²) in [5.41, 5.74) is 3.99. The van der Waals surface area contributed by atoms with Gasteiger partial charge in [0.25, 0.3) is 0 Å². The van der Waals surface area contributed by atoms with Crippen LogP contribution >= 0.6 is 0 Å². The fraction of sp³-hybridized carbons (Fsp3) is 0.467. The summed E-state index contributed by atoms with van der Waals surface area (Å²) < 4.78 is 5.46. The number of fused-ring (bicyclic) bond motifs is 3. The summed E-state index contributed by atoms with van der Waals surface area (Å²) in [7, 11) is 1.72. The summed E-state index contributed by atoms with van der Waals surface area (Å²) in [5, 5.41) is 4.85. The van der Waals surface area contributed by atoms with Crippen LogP contribution in [0.5, 0.6) is 5.75 Å². The van der Waals surface area contributed by atoms with Crippen molar-refractivity contribution >= 4 is 10.9 Å². The number of nitrogens with one attached hydrogen (secondary N) is 2. The topological polar surface area (TPSA) is 37.0 Å². The van der Waals surface area contributed by atoms with Gasteiger partial charge in [-0.2, -0.15) is 0 Å². The Balaban J connectivity index is 2.37. The fourth-order valence-electron chi connectivity index (χ4n) is 3.03. The zero-order valence-corrected chi connectivity index (χ0v) is 11.4. The summed E-state index contributed by atoms with van der Waals surface area (Å²) in [6.07, 6.45) is 0. The van der Waals surface area contributed by atoms with Gasteiger partial charge in [-0.25, -0.2) is 0 Å². The largest absolute Gasteiger partial charge is 0.495 e. The van der Waals surface area contributed by atoms with Crippen LogP contribution in [-0.2, 0) is 5.41 Å². The van der Waals surface area contributed by atoms with Crippen LogP contribution in [0.15, 0.2) is 18.2 Å². The number of hydrogen-bond acceptors (Lipinski definition) is 2. The quantitative estimate of drug-likeness (QED) is 0.808. The summed E-state index contributed by atoms with van der Waals surface area (Å²) in [5.74, 6) is 0.921. The van der Waals surface area contributed by atoms with E-state index < -0.39 is 0 Å². The minimum Gasteiger partial charge on any atom is -0.495 e. The van der Waals surface area contributed by atoms with Gasteiger partial charge in [0.15, 0.2) is 0 Å². The Labute approximate surface area is 108 Å². The molecule has 0 aliphatic carbocycles. The van der Waals surface area contributed by atoms with Crippen molar-refractivity contribution in [1.82, 2.24) is 10.3 Å². The highest BCUT2D eigenvalue weighted by atomic mass is 16.5. The molecular weight excluding hydrogens is 224 g/mol. The third-order valence-corrected chi connectivity index (χ3v) is 4.00. The predicted molar refractivity (Wildman–Crippen MR) is 74.3 cm³/mol. The Morgan fingerprint density at radius 3 is 2.83 bits per heavy atom. The number of rotatable bonds is 1. The van der Waals surface area contributed by atoms with Gasteiger partial charge in [0.05, 0.1) is 12.6 Å². The normalized spacial score (nSPS) is 21.9. The molecule has 3 heteroatoms. The van der Waals surface area contributed by atoms with Gasteiger partial charge in [0.2, 0.25) is 0 Å². The maximum atomic E-state index is 5.46. The highest BCUT2D eigenvalue weighted by molar-refractivity contribution is 5.91. The number of aromatic amines is 1. The Hall–Kier alpha value is -1.48. The van der Waals surface area contributed by atoms with E-state index in [2.05, 4.69) is 43.2 Å². The summed E-state index contributed by atoms with van der Waals surface area (Å²) in [4.78, 5) is 3.55. The third kappa shape index (κ3) is 1.47. The number of aromatic nitrogens is 1. The molecular formula is C15H20N2O. The van der Waals surface area contributed by atoms with Crippen LogP contribution in [0, 0.1) is 0 Å². The van der Waals surface area contributed by atoms with E-state index in [9.17, 15) is 0 Å². The molecule has 1 aliphatic heterocycles. The van der Waals surface area contributed by atoms with Crippen LogP contribution in [0.2, 0.25) is 0 Å². The van der Waals surface area contributed by atoms with Crippen LogP contribution < -0.4 is 10.1 Å². The van der Waals surface area contributed by atoms with Crippen LogP contribution in [0.3, 0.4) is 0 Å². The van der Waals surface area contributed by atoms with Crippen LogP contribution in [0.4, 0.5) is 0 Å². The maximum Gasteiger partial charge on any atom is 0.142 e. The van der Waals surface area contributed by atoms with Crippen molar-refractivity contribution in [2.75, 3.05) is 13.7 Å². The molecule has 96 valence electrons. The van der Waals surface area contributed by atoms with Crippen LogP contribution in [-0.4, -0.2) is 18.6 Å². The van der Waals surface area contributed by atoms with Gasteiger partial charge in [-0.05, 0) is 18.6 Å². The first-order valence-electron chi connectivity index (χ1n) is 6.47. The van der Waals surface area contributed by atoms with Crippen molar-refractivity contribution in [2.45, 2.75) is 32.2 Å². The second-order valence-electron chi connectivity index (χ2n) is 5.78. The summed E-state index contributed by atoms with van der Waals surface area (Å²) in [6.45, 7) is 7.79. The first-order valence-corrected chi connectivity index (χ1v) is 6.47. The van der Waals surface area contributed by atoms with Gasteiger partial charge in [-0.15, -0.1) is 0 Å². The molecule has 0 bridgehead atoms. The van der Waals surface area contributed by atoms with Gasteiger partial charge in [0, 0.05) is 29.1 Å². The number of ether oxygens (including phenoxy) is 1. The summed E-state index contributed by atoms with van der Waals surface area (Å²) in [6, 6.07) is 6.63. The van der Waals surface area contributed by atoms with E-state index in [0.29, 0.717) is 6.04 Å². The molecule has 18 heavy (non-hydrogen) atoms. The standard InChI is InChI=1S/C15H20N2O/c1-9-13-12(15(2,3)8-16-9)10-6-5-7-11(18-4)14(10)17-13/h5-7,9,16-17H,8H2,1-4H3. The van der Waals surface area contributed by atoms with Gasteiger partial charge in [0.1, 0.15) is 5.75 Å². The molecule has 0 saturated heterocycles. The Kier molecular flexibility index (Phi) is 2.42. The SMILES string of the molecule is COc1cccc2c3c([nH]c12)C(C)NCC3(C)C. The Bertz CT molecular complexity index is 598. The van der Waals surface area contributed by atoms with E-state index in [1.807, 2.05) is 6.07 Å². The van der Waals surface area contributed by atoms with E-state index in [1.165, 1.54) is 16.6 Å². The van der Waals surface area contributed by atoms with E-state index in [-0.39, 0.29) is 5.41 Å². The molecule has 0 saturated carbocycles. The molecule has 0 spiro atoms. The zero-order valence-electron chi connectivity index (χ0n) is 11.4. The van der Waals surface area contributed by atoms with Crippen molar-refractivity contribution in [2.24, 2.45) is 0 Å². The van der Waals surface area contributed by atoms with Crippen molar-refractivity contribution in [3.8, 4) is 5.75 Å². The van der Waals surface area contributed by atoms with Gasteiger partial charge in [-0.3, -0.25) is 0 Å². The second-order valence-corrected chi connectivity index (χ2v) is 5.78. The van der Waals surface area contributed by atoms with E-state index >= 15 is 0 Å². The highest BCUT2D eigenvalue weighted by Crippen LogP contribution is 2.41. The smallest absolute Gasteiger partial charge is 0.142 e. The fourth-order valence-corrected chi connectivity index (χ4v) is 3.03. The van der Waals surface area contributed by atoms with E-state index in [4.69, 9.17) is 4.74 Å². The van der Waals surface area contributed by atoms with E-state index in [1.54, 1.807) is 7.11 Å². The highest BCUT2D eigenvalue weighted by Gasteiger charge is 2.34. The zero-order chi connectivity index (χ0) is 12.9. The number of para-hydroxylation sites is 1. The van der Waals surface area contributed by atoms with E-state index in [0.717, 1.165) is 17.8 Å². The van der Waals surface area contributed by atoms with Crippen molar-refractivity contribution in [3.05, 3.63) is 29.5 Å². The summed E-state index contributed by atoms with van der Waals surface area (Å²) >= 11 is 0. The van der Waals surface area contributed by atoms with Crippen molar-refractivity contribution in [1.29, 1.82) is 0 Å². The molecule has 1 unspecified atom stereocenters. The third-order valence-electron chi connectivity index (χ3n) is 4.00. The monoisotopic (exact) mass is 244 g/mol. The minimum atomic E-state index is 0.145. The number of H-pyrrole nitrogens is 1. The van der Waals surface area contributed by atoms with Gasteiger partial charge in [-0.1, -0.05) is 26.0 Å². The number of benzene rings is 1. The molecule has 2 N–H and O–H groups in total. The van der Waals surface area contributed by atoms with Crippen molar-refractivity contribution in [3.63, 3.8) is 0 Å². The molecule has 3 rings (SSSR count). The minimum absolute atomic E-state index is 0.145. The molecule has 0 radical (unpaired) electrons. The van der Waals surface area contributed by atoms with Crippen molar-refractivity contribution < 1.29 is 4.74 Å². The lowest BCUT2D eigenvalue weighted by Gasteiger charge is -2.34. The Morgan fingerprint density at radius 2 is 2.11 bits per heavy atom. The molecule has 0 fully saturated rings. The molecule has 2 aromatic rings. The molecule has 1 aliphatic rings. The molecule has 0 amide bonds. The molecule has 2 heterocycles. The number of hydrogen-bond donors (Lipinski definition) is 2. The van der Waals surface area contributed by atoms with Crippen LogP contribution in [0.25, 0.3) is 10.9 Å². The molecule has 1 aromatic carbocycles. The molecule has 3 nitrogen and oxygen atoms in total. The lowest BCUT2D eigenvalue weighted by molar-refractivity contribution is 0.394. The first-order chi connectivity index (χ1) is 8.54. The van der Waals surface area contributed by atoms with Crippen LogP contribution in [0.1, 0.15) is 38.1 Å². The molecule has 1 aromatic heterocycles. The maximum absolute atomic E-state index is 5.46. The van der Waals surface area contributed by atoms with Gasteiger partial charge >= 0.3 is 0 Å². The molecule has 1 atom stereocenters. The average Bonchev–Trinajstić information content (AvgIpc) is 2.75. The van der Waals surface area contributed by atoms with Gasteiger partial charge < -0.3 is 15.0 Å². The predicted octanol–water partition coefficient (Wildman–Crippen LogP) is 3.12.